The second kappa shape index (κ2) is 6.29. The largest absolute Gasteiger partial charge is 0.347 e. The predicted octanol–water partition coefficient (Wildman–Crippen LogP) is 1.06. The van der Waals surface area contributed by atoms with E-state index in [1.54, 1.807) is 23.8 Å². The molecule has 2 heterocycles. The minimum atomic E-state index is -3.47. The minimum Gasteiger partial charge on any atom is -0.347 e. The Balaban J connectivity index is 2.00. The molecule has 0 saturated heterocycles. The fraction of sp³-hybridized carbons (Fsp3) is 0.364. The summed E-state index contributed by atoms with van der Waals surface area (Å²) in [5, 5.41) is 4.81. The molecule has 0 aromatic carbocycles. The van der Waals surface area contributed by atoms with Gasteiger partial charge in [-0.15, -0.1) is 11.3 Å². The molecular formula is C11H16N4O2S2. The first-order chi connectivity index (χ1) is 9.12. The third kappa shape index (κ3) is 3.87. The topological polar surface area (TPSA) is 86.9 Å². The molecule has 6 nitrogen and oxygen atoms in total. The first-order valence-electron chi connectivity index (χ1n) is 5.88. The summed E-state index contributed by atoms with van der Waals surface area (Å²) in [5.74, 6) is 0.590. The molecule has 3 N–H and O–H groups in total. The van der Waals surface area contributed by atoms with Crippen molar-refractivity contribution in [3.05, 3.63) is 34.5 Å². The van der Waals surface area contributed by atoms with Gasteiger partial charge in [-0.2, -0.15) is 0 Å². The van der Waals surface area contributed by atoms with Crippen molar-refractivity contribution in [2.75, 3.05) is 6.54 Å². The Kier molecular flexibility index (Phi) is 4.70. The van der Waals surface area contributed by atoms with Gasteiger partial charge in [0.15, 0.2) is 0 Å². The summed E-state index contributed by atoms with van der Waals surface area (Å²) in [5.41, 5.74) is 0. The van der Waals surface area contributed by atoms with Gasteiger partial charge in [0.05, 0.1) is 11.4 Å². The second-order valence-electron chi connectivity index (χ2n) is 3.89. The molecule has 2 aromatic rings. The van der Waals surface area contributed by atoms with Crippen molar-refractivity contribution in [2.24, 2.45) is 0 Å². The molecule has 2 rings (SSSR count). The van der Waals surface area contributed by atoms with Crippen LogP contribution in [0.15, 0.2) is 28.7 Å². The van der Waals surface area contributed by atoms with Crippen molar-refractivity contribution in [1.29, 1.82) is 0 Å². The second-order valence-corrected chi connectivity index (χ2v) is 6.65. The summed E-state index contributed by atoms with van der Waals surface area (Å²) < 4.78 is 26.6. The number of rotatable bonds is 7. The molecule has 0 bridgehead atoms. The van der Waals surface area contributed by atoms with E-state index in [0.717, 1.165) is 11.4 Å². The normalized spacial score (nSPS) is 11.8. The molecule has 0 fully saturated rings. The number of aromatic nitrogens is 2. The molecule has 0 aliphatic carbocycles. The highest BCUT2D eigenvalue weighted by molar-refractivity contribution is 7.89. The number of thiophene rings is 1. The molecule has 2 aromatic heterocycles. The molecule has 0 radical (unpaired) electrons. The number of nitrogens with zero attached hydrogens (tertiary/aromatic N) is 1. The molecule has 0 spiro atoms. The maximum absolute atomic E-state index is 12.0. The molecule has 104 valence electrons. The number of nitrogens with one attached hydrogen (secondary N) is 3. The molecular weight excluding hydrogens is 284 g/mol. The van der Waals surface area contributed by atoms with Crippen LogP contribution in [0.25, 0.3) is 0 Å². The highest BCUT2D eigenvalue weighted by Crippen LogP contribution is 2.19. The van der Waals surface area contributed by atoms with E-state index in [9.17, 15) is 8.42 Å². The van der Waals surface area contributed by atoms with Gasteiger partial charge in [0, 0.05) is 29.2 Å². The maximum atomic E-state index is 12.0. The molecule has 0 amide bonds. The smallest absolute Gasteiger partial charge is 0.241 e. The molecule has 0 unspecified atom stereocenters. The van der Waals surface area contributed by atoms with Gasteiger partial charge in [-0.25, -0.2) is 18.1 Å². The van der Waals surface area contributed by atoms with Crippen molar-refractivity contribution in [3.63, 3.8) is 0 Å². The van der Waals surface area contributed by atoms with E-state index in [-0.39, 0.29) is 6.54 Å². The lowest BCUT2D eigenvalue weighted by atomic mass is 10.4. The van der Waals surface area contributed by atoms with E-state index in [1.165, 1.54) is 11.3 Å². The Labute approximate surface area is 116 Å². The fourth-order valence-corrected chi connectivity index (χ4v) is 3.72. The van der Waals surface area contributed by atoms with Gasteiger partial charge >= 0.3 is 0 Å². The summed E-state index contributed by atoms with van der Waals surface area (Å²) >= 11 is 1.43. The van der Waals surface area contributed by atoms with Crippen molar-refractivity contribution in [3.8, 4) is 0 Å². The number of sulfonamides is 1. The Morgan fingerprint density at radius 3 is 2.95 bits per heavy atom. The number of hydrogen-bond donors (Lipinski definition) is 3. The van der Waals surface area contributed by atoms with Gasteiger partial charge in [0.1, 0.15) is 5.82 Å². The van der Waals surface area contributed by atoms with E-state index in [0.29, 0.717) is 17.3 Å². The zero-order chi connectivity index (χ0) is 13.7. The lowest BCUT2D eigenvalue weighted by Crippen LogP contribution is -2.23. The van der Waals surface area contributed by atoms with Crippen molar-refractivity contribution < 1.29 is 8.42 Å². The maximum Gasteiger partial charge on any atom is 0.241 e. The van der Waals surface area contributed by atoms with Gasteiger partial charge in [-0.3, -0.25) is 0 Å². The van der Waals surface area contributed by atoms with Gasteiger partial charge in [-0.05, 0) is 12.6 Å². The predicted molar refractivity (Wildman–Crippen MR) is 74.3 cm³/mol. The van der Waals surface area contributed by atoms with Crippen LogP contribution in [0.3, 0.4) is 0 Å². The van der Waals surface area contributed by atoms with E-state index in [4.69, 9.17) is 0 Å². The lowest BCUT2D eigenvalue weighted by Gasteiger charge is -2.02. The van der Waals surface area contributed by atoms with Gasteiger partial charge in [0.2, 0.25) is 10.0 Å². The van der Waals surface area contributed by atoms with Crippen LogP contribution in [0, 0.1) is 0 Å². The monoisotopic (exact) mass is 300 g/mol. The van der Waals surface area contributed by atoms with E-state index >= 15 is 0 Å². The molecule has 8 heteroatoms. The zero-order valence-corrected chi connectivity index (χ0v) is 12.1. The van der Waals surface area contributed by atoms with Crippen molar-refractivity contribution >= 4 is 21.4 Å². The molecule has 0 aliphatic rings. The lowest BCUT2D eigenvalue weighted by molar-refractivity contribution is 0.580. The molecule has 0 saturated carbocycles. The van der Waals surface area contributed by atoms with E-state index in [2.05, 4.69) is 20.0 Å². The average Bonchev–Trinajstić information content (AvgIpc) is 3.05. The first kappa shape index (κ1) is 14.2. The zero-order valence-electron chi connectivity index (χ0n) is 10.5. The van der Waals surface area contributed by atoms with Gasteiger partial charge < -0.3 is 10.3 Å². The molecule has 19 heavy (non-hydrogen) atoms. The summed E-state index contributed by atoms with van der Waals surface area (Å²) in [6, 6.07) is 1.69. The summed E-state index contributed by atoms with van der Waals surface area (Å²) in [4.78, 5) is 8.12. The van der Waals surface area contributed by atoms with Crippen LogP contribution in [0.5, 0.6) is 0 Å². The van der Waals surface area contributed by atoms with E-state index < -0.39 is 10.0 Å². The number of aromatic amines is 1. The average molecular weight is 300 g/mol. The van der Waals surface area contributed by atoms with Crippen LogP contribution < -0.4 is 10.0 Å². The van der Waals surface area contributed by atoms with Crippen molar-refractivity contribution in [1.82, 2.24) is 20.0 Å². The molecule has 0 aliphatic heterocycles. The van der Waals surface area contributed by atoms with Gasteiger partial charge in [0.25, 0.3) is 0 Å². The van der Waals surface area contributed by atoms with E-state index in [1.807, 2.05) is 6.92 Å². The summed E-state index contributed by atoms with van der Waals surface area (Å²) in [6.07, 6.45) is 3.24. The van der Waals surface area contributed by atoms with Crippen LogP contribution in [-0.4, -0.2) is 24.9 Å². The third-order valence-electron chi connectivity index (χ3n) is 2.47. The number of H-pyrrole nitrogens is 1. The standard InChI is InChI=1S/C11H16N4O2S2/c1-2-12-6-9-5-10(8-18-9)19(16,17)15-7-11-13-3-4-14-11/h3-5,8,12,15H,2,6-7H2,1H3,(H,13,14). The molecule has 0 atom stereocenters. The van der Waals surface area contributed by atoms with Crippen LogP contribution >= 0.6 is 11.3 Å². The SMILES string of the molecule is CCNCc1cc(S(=O)(=O)NCc2ncc[nH]2)cs1. The van der Waals surface area contributed by atoms with Crippen LogP contribution in [0.2, 0.25) is 0 Å². The summed E-state index contributed by atoms with van der Waals surface area (Å²) in [6.45, 7) is 3.72. The van der Waals surface area contributed by atoms with Crippen molar-refractivity contribution in [2.45, 2.75) is 24.9 Å². The van der Waals surface area contributed by atoms with Crippen LogP contribution in [0.1, 0.15) is 17.6 Å². The number of hydrogen-bond acceptors (Lipinski definition) is 5. The van der Waals surface area contributed by atoms with Gasteiger partial charge in [-0.1, -0.05) is 6.92 Å². The van der Waals surface area contributed by atoms with Crippen LogP contribution in [0.4, 0.5) is 0 Å². The fourth-order valence-electron chi connectivity index (χ4n) is 1.48. The number of imidazole rings is 1. The van der Waals surface area contributed by atoms with Crippen LogP contribution in [-0.2, 0) is 23.1 Å². The minimum absolute atomic E-state index is 0.160. The highest BCUT2D eigenvalue weighted by atomic mass is 32.2. The Bertz CT molecular complexity index is 604. The third-order valence-corrected chi connectivity index (χ3v) is 4.94. The first-order valence-corrected chi connectivity index (χ1v) is 8.24. The Hall–Kier alpha value is -1.22. The Morgan fingerprint density at radius 1 is 1.42 bits per heavy atom. The highest BCUT2D eigenvalue weighted by Gasteiger charge is 2.16. The summed E-state index contributed by atoms with van der Waals surface area (Å²) in [7, 11) is -3.47. The quantitative estimate of drug-likeness (QED) is 0.713. The Morgan fingerprint density at radius 2 is 2.26 bits per heavy atom.